The van der Waals surface area contributed by atoms with Gasteiger partial charge in [-0.15, -0.1) is 0 Å². The first-order valence-electron chi connectivity index (χ1n) is 6.79. The highest BCUT2D eigenvalue weighted by molar-refractivity contribution is 5.32. The van der Waals surface area contributed by atoms with Crippen molar-refractivity contribution in [3.8, 4) is 0 Å². The summed E-state index contributed by atoms with van der Waals surface area (Å²) in [5.41, 5.74) is 4.23. The zero-order valence-corrected chi connectivity index (χ0v) is 12.0. The maximum absolute atomic E-state index is 3.46. The third-order valence-electron chi connectivity index (χ3n) is 3.43. The Morgan fingerprint density at radius 1 is 1.12 bits per heavy atom. The van der Waals surface area contributed by atoms with E-state index in [1.54, 1.807) is 0 Å². The Bertz CT molecular complexity index is 341. The number of aryl methyl sites for hydroxylation is 2. The lowest BCUT2D eigenvalue weighted by Crippen LogP contribution is -2.17. The van der Waals surface area contributed by atoms with Crippen molar-refractivity contribution < 1.29 is 0 Å². The van der Waals surface area contributed by atoms with Crippen LogP contribution >= 0.6 is 0 Å². The molecule has 0 aliphatic rings. The smallest absolute Gasteiger partial charge is 0.0320 e. The normalized spacial score (nSPS) is 13.1. The van der Waals surface area contributed by atoms with Crippen molar-refractivity contribution in [2.45, 2.75) is 53.0 Å². The molecule has 96 valence electrons. The van der Waals surface area contributed by atoms with E-state index in [9.17, 15) is 0 Å². The first-order valence-corrected chi connectivity index (χ1v) is 6.79. The van der Waals surface area contributed by atoms with Crippen molar-refractivity contribution in [2.24, 2.45) is 5.92 Å². The Balaban J connectivity index is 2.68. The molecule has 0 spiro atoms. The Labute approximate surface area is 107 Å². The predicted molar refractivity (Wildman–Crippen MR) is 76.4 cm³/mol. The first-order chi connectivity index (χ1) is 8.04. The molecule has 0 saturated heterocycles. The van der Waals surface area contributed by atoms with Crippen molar-refractivity contribution in [3.63, 3.8) is 0 Å². The number of nitrogens with one attached hydrogen (secondary N) is 1. The summed E-state index contributed by atoms with van der Waals surface area (Å²) in [4.78, 5) is 0. The lowest BCUT2D eigenvalue weighted by Gasteiger charge is -2.20. The number of hydrogen-bond donors (Lipinski definition) is 1. The summed E-state index contributed by atoms with van der Waals surface area (Å²) in [5, 5.41) is 3.46. The van der Waals surface area contributed by atoms with Gasteiger partial charge in [-0.1, -0.05) is 50.5 Å². The topological polar surface area (TPSA) is 12.0 Å². The minimum absolute atomic E-state index is 0.508. The molecule has 0 radical (unpaired) electrons. The van der Waals surface area contributed by atoms with Crippen molar-refractivity contribution in [1.82, 2.24) is 5.32 Å². The molecule has 1 aromatic rings. The van der Waals surface area contributed by atoms with Gasteiger partial charge in [0.2, 0.25) is 0 Å². The van der Waals surface area contributed by atoms with Crippen LogP contribution in [0.25, 0.3) is 0 Å². The molecule has 0 aliphatic carbocycles. The van der Waals surface area contributed by atoms with Crippen LogP contribution in [0.15, 0.2) is 18.2 Å². The molecular formula is C16H27N. The van der Waals surface area contributed by atoms with Gasteiger partial charge < -0.3 is 5.32 Å². The van der Waals surface area contributed by atoms with Crippen LogP contribution in [0, 0.1) is 19.8 Å². The Hall–Kier alpha value is -0.820. The van der Waals surface area contributed by atoms with Crippen LogP contribution in [-0.2, 0) is 0 Å². The highest BCUT2D eigenvalue weighted by atomic mass is 14.9. The van der Waals surface area contributed by atoms with Crippen LogP contribution in [0.1, 0.15) is 55.8 Å². The molecule has 1 N–H and O–H groups in total. The summed E-state index contributed by atoms with van der Waals surface area (Å²) in [6.45, 7) is 8.98. The Morgan fingerprint density at radius 3 is 2.41 bits per heavy atom. The fourth-order valence-corrected chi connectivity index (χ4v) is 2.32. The summed E-state index contributed by atoms with van der Waals surface area (Å²) in [6.07, 6.45) is 3.86. The fourth-order valence-electron chi connectivity index (χ4n) is 2.32. The van der Waals surface area contributed by atoms with Crippen LogP contribution in [0.4, 0.5) is 0 Å². The fraction of sp³-hybridized carbons (Fsp3) is 0.625. The van der Waals surface area contributed by atoms with Crippen molar-refractivity contribution >= 4 is 0 Å². The summed E-state index contributed by atoms with van der Waals surface area (Å²) in [5.74, 6) is 0.811. The largest absolute Gasteiger partial charge is 0.313 e. The number of benzene rings is 1. The van der Waals surface area contributed by atoms with E-state index >= 15 is 0 Å². The molecule has 1 atom stereocenters. The van der Waals surface area contributed by atoms with Crippen LogP contribution < -0.4 is 5.32 Å². The average molecular weight is 233 g/mol. The van der Waals surface area contributed by atoms with E-state index in [2.05, 4.69) is 58.3 Å². The second-order valence-electron chi connectivity index (χ2n) is 5.53. The third-order valence-corrected chi connectivity index (χ3v) is 3.43. The van der Waals surface area contributed by atoms with Gasteiger partial charge in [-0.25, -0.2) is 0 Å². The highest BCUT2D eigenvalue weighted by Crippen LogP contribution is 2.24. The molecule has 1 heteroatoms. The van der Waals surface area contributed by atoms with Gasteiger partial charge in [0, 0.05) is 6.04 Å². The molecule has 1 nitrogen and oxygen atoms in total. The lowest BCUT2D eigenvalue weighted by atomic mass is 9.94. The van der Waals surface area contributed by atoms with Gasteiger partial charge in [0.15, 0.2) is 0 Å². The van der Waals surface area contributed by atoms with Crippen molar-refractivity contribution in [1.29, 1.82) is 0 Å². The standard InChI is InChI=1S/C16H27N/c1-12(2)7-6-8-16(17-5)15-11-13(3)9-10-14(15)4/h9-12,16-17H,6-8H2,1-5H3. The molecule has 0 saturated carbocycles. The minimum Gasteiger partial charge on any atom is -0.313 e. The van der Waals surface area contributed by atoms with E-state index in [4.69, 9.17) is 0 Å². The number of rotatable bonds is 6. The van der Waals surface area contributed by atoms with Crippen LogP contribution in [0.3, 0.4) is 0 Å². The maximum Gasteiger partial charge on any atom is 0.0320 e. The maximum atomic E-state index is 3.46. The quantitative estimate of drug-likeness (QED) is 0.768. The second-order valence-corrected chi connectivity index (χ2v) is 5.53. The lowest BCUT2D eigenvalue weighted by molar-refractivity contribution is 0.469. The van der Waals surface area contributed by atoms with Gasteiger partial charge in [-0.05, 0) is 44.4 Å². The molecular weight excluding hydrogens is 206 g/mol. The summed E-state index contributed by atoms with van der Waals surface area (Å²) in [7, 11) is 2.07. The van der Waals surface area contributed by atoms with Crippen LogP contribution in [0.2, 0.25) is 0 Å². The Morgan fingerprint density at radius 2 is 1.82 bits per heavy atom. The van der Waals surface area contributed by atoms with Gasteiger partial charge in [-0.2, -0.15) is 0 Å². The van der Waals surface area contributed by atoms with E-state index in [1.165, 1.54) is 36.0 Å². The molecule has 0 aliphatic heterocycles. The second kappa shape index (κ2) is 6.80. The minimum atomic E-state index is 0.508. The van der Waals surface area contributed by atoms with Gasteiger partial charge in [-0.3, -0.25) is 0 Å². The molecule has 1 rings (SSSR count). The van der Waals surface area contributed by atoms with Gasteiger partial charge in [0.1, 0.15) is 0 Å². The van der Waals surface area contributed by atoms with E-state index < -0.39 is 0 Å². The van der Waals surface area contributed by atoms with Gasteiger partial charge in [0.05, 0.1) is 0 Å². The monoisotopic (exact) mass is 233 g/mol. The average Bonchev–Trinajstić information content (AvgIpc) is 2.28. The SMILES string of the molecule is CNC(CCCC(C)C)c1cc(C)ccc1C. The van der Waals surface area contributed by atoms with Gasteiger partial charge in [0.25, 0.3) is 0 Å². The van der Waals surface area contributed by atoms with Crippen molar-refractivity contribution in [3.05, 3.63) is 34.9 Å². The summed E-state index contributed by atoms with van der Waals surface area (Å²) >= 11 is 0. The van der Waals surface area contributed by atoms with Gasteiger partial charge >= 0.3 is 0 Å². The van der Waals surface area contributed by atoms with E-state index in [1.807, 2.05) is 0 Å². The zero-order valence-electron chi connectivity index (χ0n) is 12.0. The molecule has 0 bridgehead atoms. The highest BCUT2D eigenvalue weighted by Gasteiger charge is 2.11. The molecule has 17 heavy (non-hydrogen) atoms. The summed E-state index contributed by atoms with van der Waals surface area (Å²) in [6, 6.07) is 7.26. The summed E-state index contributed by atoms with van der Waals surface area (Å²) < 4.78 is 0. The molecule has 0 heterocycles. The van der Waals surface area contributed by atoms with E-state index in [0.717, 1.165) is 5.92 Å². The Kier molecular flexibility index (Phi) is 5.70. The van der Waals surface area contributed by atoms with Crippen LogP contribution in [0.5, 0.6) is 0 Å². The first kappa shape index (κ1) is 14.2. The van der Waals surface area contributed by atoms with E-state index in [-0.39, 0.29) is 0 Å². The molecule has 1 aromatic carbocycles. The van der Waals surface area contributed by atoms with E-state index in [0.29, 0.717) is 6.04 Å². The molecule has 1 unspecified atom stereocenters. The zero-order chi connectivity index (χ0) is 12.8. The number of hydrogen-bond acceptors (Lipinski definition) is 1. The molecule has 0 fully saturated rings. The predicted octanol–water partition coefficient (Wildman–Crippen LogP) is 4.39. The van der Waals surface area contributed by atoms with Crippen molar-refractivity contribution in [2.75, 3.05) is 7.05 Å². The van der Waals surface area contributed by atoms with Crippen LogP contribution in [-0.4, -0.2) is 7.05 Å². The third kappa shape index (κ3) is 4.51. The molecule has 0 amide bonds. The molecule has 0 aromatic heterocycles.